The Morgan fingerprint density at radius 3 is 2.10 bits per heavy atom. The molecule has 0 atom stereocenters. The number of rotatable bonds is 2. The second-order valence-electron chi connectivity index (χ2n) is 5.39. The zero-order chi connectivity index (χ0) is 15.3. The maximum absolute atomic E-state index is 12.4. The molecule has 0 saturated heterocycles. The zero-order valence-electron chi connectivity index (χ0n) is 11.8. The van der Waals surface area contributed by atoms with Crippen LogP contribution in [0.3, 0.4) is 0 Å². The molecule has 0 spiro atoms. The van der Waals surface area contributed by atoms with E-state index in [-0.39, 0.29) is 9.79 Å². The van der Waals surface area contributed by atoms with Gasteiger partial charge in [-0.3, -0.25) is 0 Å². The van der Waals surface area contributed by atoms with Crippen molar-refractivity contribution in [3.8, 4) is 0 Å². The van der Waals surface area contributed by atoms with E-state index in [1.807, 2.05) is 19.0 Å². The van der Waals surface area contributed by atoms with Crippen molar-refractivity contribution >= 4 is 25.8 Å². The summed E-state index contributed by atoms with van der Waals surface area (Å²) in [5.41, 5.74) is 0.647. The molecule has 1 aliphatic heterocycles. The van der Waals surface area contributed by atoms with Crippen LogP contribution in [0.15, 0.2) is 34.2 Å². The Balaban J connectivity index is 2.70. The lowest BCUT2D eigenvalue weighted by atomic mass is 10.2. The maximum Gasteiger partial charge on any atom is 0.199 e. The van der Waals surface area contributed by atoms with E-state index in [1.54, 1.807) is 18.3 Å². The molecule has 0 aliphatic carbocycles. The standard InChI is InChI=1S/C13H17NO4S2/c1-13(2)19(15,16)11-6-5-10(7-8-14(3)4)9-12(11)20(13,17)18/h5-9H,1-4H3. The van der Waals surface area contributed by atoms with Gasteiger partial charge in [-0.05, 0) is 43.8 Å². The van der Waals surface area contributed by atoms with Gasteiger partial charge in [-0.1, -0.05) is 6.07 Å². The first kappa shape index (κ1) is 15.1. The maximum atomic E-state index is 12.4. The highest BCUT2D eigenvalue weighted by atomic mass is 32.3. The van der Waals surface area contributed by atoms with Gasteiger partial charge in [-0.15, -0.1) is 0 Å². The highest BCUT2D eigenvalue weighted by molar-refractivity contribution is 8.12. The largest absolute Gasteiger partial charge is 0.383 e. The van der Waals surface area contributed by atoms with Crippen LogP contribution >= 0.6 is 0 Å². The monoisotopic (exact) mass is 315 g/mol. The summed E-state index contributed by atoms with van der Waals surface area (Å²) in [6, 6.07) is 4.39. The summed E-state index contributed by atoms with van der Waals surface area (Å²) in [7, 11) is -4.07. The summed E-state index contributed by atoms with van der Waals surface area (Å²) in [5.74, 6) is 0. The van der Waals surface area contributed by atoms with E-state index in [9.17, 15) is 16.8 Å². The van der Waals surface area contributed by atoms with Gasteiger partial charge >= 0.3 is 0 Å². The van der Waals surface area contributed by atoms with Crippen molar-refractivity contribution in [3.63, 3.8) is 0 Å². The quantitative estimate of drug-likeness (QED) is 0.827. The van der Waals surface area contributed by atoms with Crippen LogP contribution < -0.4 is 0 Å². The number of nitrogens with zero attached hydrogens (tertiary/aromatic N) is 1. The molecule has 110 valence electrons. The molecule has 0 saturated carbocycles. The van der Waals surface area contributed by atoms with E-state index < -0.39 is 23.8 Å². The Labute approximate surface area is 119 Å². The molecule has 0 radical (unpaired) electrons. The van der Waals surface area contributed by atoms with Crippen LogP contribution in [0.4, 0.5) is 0 Å². The second-order valence-corrected chi connectivity index (χ2v) is 10.6. The van der Waals surface area contributed by atoms with Crippen LogP contribution in [0.1, 0.15) is 19.4 Å². The average molecular weight is 315 g/mol. The van der Waals surface area contributed by atoms with Gasteiger partial charge in [-0.25, -0.2) is 16.8 Å². The molecule has 0 aromatic heterocycles. The van der Waals surface area contributed by atoms with E-state index in [0.29, 0.717) is 5.56 Å². The Kier molecular flexibility index (Phi) is 3.26. The van der Waals surface area contributed by atoms with Crippen LogP contribution in [0.25, 0.3) is 6.08 Å². The first-order valence-electron chi connectivity index (χ1n) is 6.00. The summed E-state index contributed by atoms with van der Waals surface area (Å²) >= 11 is 0. The Bertz CT molecular complexity index is 788. The third-order valence-corrected chi connectivity index (χ3v) is 9.29. The lowest BCUT2D eigenvalue weighted by Gasteiger charge is -2.14. The Morgan fingerprint density at radius 2 is 1.55 bits per heavy atom. The van der Waals surface area contributed by atoms with Crippen molar-refractivity contribution in [2.24, 2.45) is 0 Å². The van der Waals surface area contributed by atoms with Gasteiger partial charge in [0, 0.05) is 14.1 Å². The summed E-state index contributed by atoms with van der Waals surface area (Å²) in [5, 5.41) is 0. The van der Waals surface area contributed by atoms with E-state index in [2.05, 4.69) is 0 Å². The van der Waals surface area contributed by atoms with E-state index in [1.165, 1.54) is 26.0 Å². The first-order valence-corrected chi connectivity index (χ1v) is 8.96. The fourth-order valence-electron chi connectivity index (χ4n) is 1.97. The van der Waals surface area contributed by atoms with Gasteiger partial charge in [0.15, 0.2) is 23.8 Å². The lowest BCUT2D eigenvalue weighted by molar-refractivity contribution is 0.566. The van der Waals surface area contributed by atoms with Gasteiger partial charge in [0.1, 0.15) is 0 Å². The van der Waals surface area contributed by atoms with E-state index in [4.69, 9.17) is 0 Å². The van der Waals surface area contributed by atoms with Crippen molar-refractivity contribution in [1.82, 2.24) is 4.90 Å². The minimum absolute atomic E-state index is 0.107. The normalized spacial score (nSPS) is 21.8. The smallest absolute Gasteiger partial charge is 0.199 e. The molecule has 7 heteroatoms. The summed E-state index contributed by atoms with van der Waals surface area (Å²) in [6.07, 6.45) is 3.50. The van der Waals surface area contributed by atoms with Crippen LogP contribution in [0.5, 0.6) is 0 Å². The number of benzene rings is 1. The van der Waals surface area contributed by atoms with Crippen LogP contribution in [-0.4, -0.2) is 39.9 Å². The summed E-state index contributed by atoms with van der Waals surface area (Å²) in [6.45, 7) is 2.46. The molecule has 1 aliphatic rings. The molecular formula is C13H17NO4S2. The highest BCUT2D eigenvalue weighted by Crippen LogP contribution is 2.45. The van der Waals surface area contributed by atoms with Crippen molar-refractivity contribution in [2.45, 2.75) is 27.7 Å². The zero-order valence-corrected chi connectivity index (χ0v) is 13.4. The predicted molar refractivity (Wildman–Crippen MR) is 77.6 cm³/mol. The summed E-state index contributed by atoms with van der Waals surface area (Å²) < 4.78 is 47.6. The highest BCUT2D eigenvalue weighted by Gasteiger charge is 2.56. The van der Waals surface area contributed by atoms with Crippen molar-refractivity contribution < 1.29 is 16.8 Å². The molecule has 0 bridgehead atoms. The number of hydrogen-bond donors (Lipinski definition) is 0. The van der Waals surface area contributed by atoms with Gasteiger partial charge in [0.2, 0.25) is 0 Å². The molecule has 0 unspecified atom stereocenters. The van der Waals surface area contributed by atoms with Crippen molar-refractivity contribution in [2.75, 3.05) is 14.1 Å². The number of sulfone groups is 2. The third-order valence-electron chi connectivity index (χ3n) is 3.41. The van der Waals surface area contributed by atoms with Gasteiger partial charge < -0.3 is 4.90 Å². The molecule has 20 heavy (non-hydrogen) atoms. The average Bonchev–Trinajstić information content (AvgIpc) is 2.44. The topological polar surface area (TPSA) is 71.5 Å². The molecule has 5 nitrogen and oxygen atoms in total. The van der Waals surface area contributed by atoms with Crippen LogP contribution in [0.2, 0.25) is 0 Å². The SMILES string of the molecule is CN(C)C=Cc1ccc2c(c1)S(=O)(=O)C(C)(C)S2(=O)=O. The number of hydrogen-bond acceptors (Lipinski definition) is 5. The molecule has 0 N–H and O–H groups in total. The molecule has 1 aromatic carbocycles. The molecule has 2 rings (SSSR count). The first-order chi connectivity index (χ1) is 9.01. The fraction of sp³-hybridized carbons (Fsp3) is 0.385. The van der Waals surface area contributed by atoms with Gasteiger partial charge in [0.25, 0.3) is 0 Å². The molecule has 1 heterocycles. The van der Waals surface area contributed by atoms with Crippen LogP contribution in [0, 0.1) is 0 Å². The molecule has 0 amide bonds. The Hall–Kier alpha value is -1.34. The van der Waals surface area contributed by atoms with Gasteiger partial charge in [0.05, 0.1) is 9.79 Å². The minimum atomic E-state index is -3.89. The van der Waals surface area contributed by atoms with Crippen LogP contribution in [-0.2, 0) is 19.7 Å². The number of fused-ring (bicyclic) bond motifs is 1. The summed E-state index contributed by atoms with van der Waals surface area (Å²) in [4.78, 5) is 1.59. The lowest BCUT2D eigenvalue weighted by Crippen LogP contribution is -2.34. The van der Waals surface area contributed by atoms with E-state index >= 15 is 0 Å². The molecular weight excluding hydrogens is 298 g/mol. The van der Waals surface area contributed by atoms with Crippen molar-refractivity contribution in [1.29, 1.82) is 0 Å². The minimum Gasteiger partial charge on any atom is -0.383 e. The van der Waals surface area contributed by atoms with Crippen molar-refractivity contribution in [3.05, 3.63) is 30.0 Å². The molecule has 0 fully saturated rings. The van der Waals surface area contributed by atoms with E-state index in [0.717, 1.165) is 0 Å². The van der Waals surface area contributed by atoms with Gasteiger partial charge in [-0.2, -0.15) is 0 Å². The molecule has 1 aromatic rings. The fourth-order valence-corrected chi connectivity index (χ4v) is 6.58. The third kappa shape index (κ3) is 1.88. The predicted octanol–water partition coefficient (Wildman–Crippen LogP) is 1.52. The second kappa shape index (κ2) is 4.33. The Morgan fingerprint density at radius 1 is 1.00 bits per heavy atom.